The summed E-state index contributed by atoms with van der Waals surface area (Å²) >= 11 is 0. The van der Waals surface area contributed by atoms with Gasteiger partial charge in [-0.15, -0.1) is 0 Å². The first-order chi connectivity index (χ1) is 8.25. The molecule has 0 aliphatic carbocycles. The van der Waals surface area contributed by atoms with Crippen molar-refractivity contribution in [3.05, 3.63) is 35.9 Å². The fourth-order valence-corrected chi connectivity index (χ4v) is 1.85. The largest absolute Gasteiger partial charge is 0.386 e. The number of carbonyl (C=O) groups excluding carboxylic acids is 1. The third-order valence-electron chi connectivity index (χ3n) is 3.17. The lowest BCUT2D eigenvalue weighted by Crippen LogP contribution is -2.44. The topological polar surface area (TPSA) is 40.5 Å². The number of likely N-dealkylation sites (N-methyl/N-ethyl adjacent to an activating group) is 1. The van der Waals surface area contributed by atoms with Gasteiger partial charge in [0.15, 0.2) is 0 Å². The Hall–Kier alpha value is -1.35. The molecule has 2 atom stereocenters. The molecule has 100 valence electrons. The zero-order valence-corrected chi connectivity index (χ0v) is 11.8. The van der Waals surface area contributed by atoms with E-state index in [9.17, 15) is 9.90 Å². The van der Waals surface area contributed by atoms with E-state index in [0.717, 1.165) is 5.56 Å². The van der Waals surface area contributed by atoms with Gasteiger partial charge in [0, 0.05) is 12.5 Å². The van der Waals surface area contributed by atoms with Crippen molar-refractivity contribution in [1.82, 2.24) is 4.90 Å². The highest BCUT2D eigenvalue weighted by Crippen LogP contribution is 2.24. The van der Waals surface area contributed by atoms with Crippen molar-refractivity contribution in [1.29, 1.82) is 0 Å². The summed E-state index contributed by atoms with van der Waals surface area (Å²) in [7, 11) is 1.74. The van der Waals surface area contributed by atoms with Gasteiger partial charge in [0.2, 0.25) is 5.91 Å². The van der Waals surface area contributed by atoms with E-state index in [-0.39, 0.29) is 11.9 Å². The molecule has 18 heavy (non-hydrogen) atoms. The lowest BCUT2D eigenvalue weighted by Gasteiger charge is -2.33. The fraction of sp³-hybridized carbons (Fsp3) is 0.533. The zero-order valence-electron chi connectivity index (χ0n) is 11.8. The van der Waals surface area contributed by atoms with Gasteiger partial charge in [0.1, 0.15) is 0 Å². The summed E-state index contributed by atoms with van der Waals surface area (Å²) in [5, 5.41) is 10.3. The van der Waals surface area contributed by atoms with Crippen LogP contribution < -0.4 is 0 Å². The average Bonchev–Trinajstić information content (AvgIpc) is 2.35. The normalized spacial score (nSPS) is 15.0. The van der Waals surface area contributed by atoms with Crippen LogP contribution in [-0.2, 0) is 4.79 Å². The molecule has 3 heteroatoms. The van der Waals surface area contributed by atoms with Crippen LogP contribution in [-0.4, -0.2) is 29.0 Å². The van der Waals surface area contributed by atoms with Gasteiger partial charge in [-0.2, -0.15) is 0 Å². The Morgan fingerprint density at radius 1 is 1.22 bits per heavy atom. The van der Waals surface area contributed by atoms with Crippen molar-refractivity contribution in [3.8, 4) is 0 Å². The molecule has 0 saturated heterocycles. The average molecular weight is 249 g/mol. The van der Waals surface area contributed by atoms with Gasteiger partial charge in [0.05, 0.1) is 12.1 Å². The van der Waals surface area contributed by atoms with E-state index in [1.807, 2.05) is 58.0 Å². The smallest absolute Gasteiger partial charge is 0.228 e. The van der Waals surface area contributed by atoms with Gasteiger partial charge in [0.25, 0.3) is 0 Å². The molecule has 0 radical (unpaired) electrons. The number of carbonyl (C=O) groups is 1. The van der Waals surface area contributed by atoms with E-state index in [1.54, 1.807) is 11.9 Å². The van der Waals surface area contributed by atoms with Gasteiger partial charge >= 0.3 is 0 Å². The van der Waals surface area contributed by atoms with Crippen LogP contribution in [0, 0.1) is 5.41 Å². The molecule has 1 aromatic rings. The molecule has 0 unspecified atom stereocenters. The summed E-state index contributed by atoms with van der Waals surface area (Å²) in [4.78, 5) is 13.8. The van der Waals surface area contributed by atoms with E-state index in [0.29, 0.717) is 0 Å². The molecular weight excluding hydrogens is 226 g/mol. The van der Waals surface area contributed by atoms with Crippen molar-refractivity contribution < 1.29 is 9.90 Å². The second-order valence-electron chi connectivity index (χ2n) is 5.76. The number of benzene rings is 1. The highest BCUT2D eigenvalue weighted by molar-refractivity contribution is 5.81. The molecule has 0 aliphatic heterocycles. The maximum atomic E-state index is 12.2. The predicted molar refractivity (Wildman–Crippen MR) is 73.1 cm³/mol. The van der Waals surface area contributed by atoms with Crippen LogP contribution in [0.4, 0.5) is 0 Å². The summed E-state index contributed by atoms with van der Waals surface area (Å²) in [6, 6.07) is 9.17. The number of hydrogen-bond donors (Lipinski definition) is 1. The maximum Gasteiger partial charge on any atom is 0.228 e. The summed E-state index contributed by atoms with van der Waals surface area (Å²) in [6.45, 7) is 7.51. The molecule has 0 bridgehead atoms. The monoisotopic (exact) mass is 249 g/mol. The van der Waals surface area contributed by atoms with Crippen molar-refractivity contribution in [3.63, 3.8) is 0 Å². The lowest BCUT2D eigenvalue weighted by atomic mass is 9.93. The van der Waals surface area contributed by atoms with Crippen molar-refractivity contribution >= 4 is 5.91 Å². The molecule has 0 saturated carbocycles. The highest BCUT2D eigenvalue weighted by Gasteiger charge is 2.30. The van der Waals surface area contributed by atoms with Crippen LogP contribution >= 0.6 is 0 Å². The molecule has 1 rings (SSSR count). The molecule has 3 nitrogen and oxygen atoms in total. The minimum absolute atomic E-state index is 0.0324. The number of hydrogen-bond acceptors (Lipinski definition) is 2. The second kappa shape index (κ2) is 5.53. The third kappa shape index (κ3) is 3.33. The number of amides is 1. The summed E-state index contributed by atoms with van der Waals surface area (Å²) < 4.78 is 0. The van der Waals surface area contributed by atoms with E-state index in [2.05, 4.69) is 0 Å². The fourth-order valence-electron chi connectivity index (χ4n) is 1.85. The standard InChI is InChI=1S/C15H23NO2/c1-11(16(5)14(18)15(2,3)4)13(17)12-9-7-6-8-10-12/h6-11,13,17H,1-5H3/t11-,13+/m1/s1. The zero-order chi connectivity index (χ0) is 13.9. The van der Waals surface area contributed by atoms with E-state index in [1.165, 1.54) is 0 Å². The van der Waals surface area contributed by atoms with Crippen molar-refractivity contribution in [2.24, 2.45) is 5.41 Å². The molecule has 1 N–H and O–H groups in total. The minimum Gasteiger partial charge on any atom is -0.386 e. The Balaban J connectivity index is 2.82. The third-order valence-corrected chi connectivity index (χ3v) is 3.17. The highest BCUT2D eigenvalue weighted by atomic mass is 16.3. The molecule has 0 aliphatic rings. The number of aliphatic hydroxyl groups is 1. The van der Waals surface area contributed by atoms with Gasteiger partial charge in [-0.25, -0.2) is 0 Å². The Morgan fingerprint density at radius 3 is 2.17 bits per heavy atom. The van der Waals surface area contributed by atoms with Gasteiger partial charge in [-0.05, 0) is 12.5 Å². The molecular formula is C15H23NO2. The first-order valence-corrected chi connectivity index (χ1v) is 6.25. The van der Waals surface area contributed by atoms with E-state index in [4.69, 9.17) is 0 Å². The Morgan fingerprint density at radius 2 is 1.72 bits per heavy atom. The first-order valence-electron chi connectivity index (χ1n) is 6.25. The van der Waals surface area contributed by atoms with Crippen molar-refractivity contribution in [2.75, 3.05) is 7.05 Å². The van der Waals surface area contributed by atoms with Crippen molar-refractivity contribution in [2.45, 2.75) is 39.8 Å². The van der Waals surface area contributed by atoms with Crippen LogP contribution in [0.2, 0.25) is 0 Å². The maximum absolute atomic E-state index is 12.2. The molecule has 0 aromatic heterocycles. The summed E-state index contributed by atoms with van der Waals surface area (Å²) in [6.07, 6.45) is -0.664. The lowest BCUT2D eigenvalue weighted by molar-refractivity contribution is -0.142. The minimum atomic E-state index is -0.664. The Bertz CT molecular complexity index is 395. The van der Waals surface area contributed by atoms with Gasteiger partial charge in [-0.3, -0.25) is 4.79 Å². The second-order valence-corrected chi connectivity index (χ2v) is 5.76. The van der Waals surface area contributed by atoms with Crippen LogP contribution in [0.15, 0.2) is 30.3 Å². The number of nitrogens with zero attached hydrogens (tertiary/aromatic N) is 1. The first kappa shape index (κ1) is 14.7. The Labute approximate surface area is 109 Å². The molecule has 1 aromatic carbocycles. The van der Waals surface area contributed by atoms with Crippen LogP contribution in [0.3, 0.4) is 0 Å². The Kier molecular flexibility index (Phi) is 4.52. The molecule has 0 spiro atoms. The summed E-state index contributed by atoms with van der Waals surface area (Å²) in [5.74, 6) is 0.0324. The van der Waals surface area contributed by atoms with Gasteiger partial charge < -0.3 is 10.0 Å². The van der Waals surface area contributed by atoms with Crippen LogP contribution in [0.1, 0.15) is 39.4 Å². The predicted octanol–water partition coefficient (Wildman–Crippen LogP) is 2.61. The van der Waals surface area contributed by atoms with Crippen LogP contribution in [0.25, 0.3) is 0 Å². The summed E-state index contributed by atoms with van der Waals surface area (Å²) in [5.41, 5.74) is 0.401. The molecule has 0 heterocycles. The van der Waals surface area contributed by atoms with Crippen LogP contribution in [0.5, 0.6) is 0 Å². The number of rotatable bonds is 3. The van der Waals surface area contributed by atoms with Gasteiger partial charge in [-0.1, -0.05) is 51.1 Å². The number of aliphatic hydroxyl groups excluding tert-OH is 1. The quantitative estimate of drug-likeness (QED) is 0.894. The SMILES string of the molecule is C[C@H]([C@H](O)c1ccccc1)N(C)C(=O)C(C)(C)C. The van der Waals surface area contributed by atoms with E-state index < -0.39 is 11.5 Å². The molecule has 0 fully saturated rings. The molecule has 1 amide bonds. The van der Waals surface area contributed by atoms with E-state index >= 15 is 0 Å².